The molecule has 3 nitrogen and oxygen atoms in total. The molecule has 0 amide bonds. The minimum absolute atomic E-state index is 0.0894. The molecule has 2 aromatic rings. The fourth-order valence-electron chi connectivity index (χ4n) is 1.36. The lowest BCUT2D eigenvalue weighted by atomic mass is 10.1. The first kappa shape index (κ1) is 13.3. The van der Waals surface area contributed by atoms with Crippen LogP contribution in [0.2, 0.25) is 0 Å². The summed E-state index contributed by atoms with van der Waals surface area (Å²) in [5, 5.41) is 0. The maximum atomic E-state index is 12.4. The minimum atomic E-state index is -4.54. The van der Waals surface area contributed by atoms with Gasteiger partial charge in [-0.25, -0.2) is 18.7 Å². The molecule has 2 heterocycles. The summed E-state index contributed by atoms with van der Waals surface area (Å²) in [7, 11) is 0. The molecule has 0 aromatic carbocycles. The van der Waals surface area contributed by atoms with Crippen LogP contribution >= 0.6 is 0 Å². The zero-order valence-electron chi connectivity index (χ0n) is 9.20. The molecule has 0 unspecified atom stereocenters. The lowest BCUT2D eigenvalue weighted by Crippen LogP contribution is -2.07. The Morgan fingerprint density at radius 2 is 1.74 bits per heavy atom. The Bertz CT molecular complexity index is 565. The number of alkyl halides is 5. The predicted molar refractivity (Wildman–Crippen MR) is 55.2 cm³/mol. The van der Waals surface area contributed by atoms with E-state index in [1.807, 2.05) is 0 Å². The van der Waals surface area contributed by atoms with Gasteiger partial charge < -0.3 is 0 Å². The van der Waals surface area contributed by atoms with Gasteiger partial charge in [0.25, 0.3) is 6.43 Å². The van der Waals surface area contributed by atoms with Crippen LogP contribution in [0.3, 0.4) is 0 Å². The molecule has 0 fully saturated rings. The second-order valence-corrected chi connectivity index (χ2v) is 3.56. The van der Waals surface area contributed by atoms with Gasteiger partial charge in [-0.2, -0.15) is 13.2 Å². The molecule has 8 heteroatoms. The van der Waals surface area contributed by atoms with Crippen molar-refractivity contribution in [2.24, 2.45) is 0 Å². The van der Waals surface area contributed by atoms with Gasteiger partial charge in [0, 0.05) is 11.8 Å². The van der Waals surface area contributed by atoms with Gasteiger partial charge in [-0.1, -0.05) is 0 Å². The van der Waals surface area contributed by atoms with Crippen LogP contribution in [0.1, 0.15) is 17.8 Å². The van der Waals surface area contributed by atoms with Gasteiger partial charge in [-0.15, -0.1) is 0 Å². The van der Waals surface area contributed by atoms with Crippen LogP contribution in [-0.4, -0.2) is 15.0 Å². The van der Waals surface area contributed by atoms with E-state index in [1.54, 1.807) is 0 Å². The van der Waals surface area contributed by atoms with Gasteiger partial charge in [0.2, 0.25) is 0 Å². The smallest absolute Gasteiger partial charge is 0.251 e. The largest absolute Gasteiger partial charge is 0.433 e. The summed E-state index contributed by atoms with van der Waals surface area (Å²) in [6.45, 7) is 0. The third kappa shape index (κ3) is 3.01. The van der Waals surface area contributed by atoms with Crippen molar-refractivity contribution >= 4 is 0 Å². The number of aromatic nitrogens is 3. The average Bonchev–Trinajstić information content (AvgIpc) is 2.38. The highest BCUT2D eigenvalue weighted by Gasteiger charge is 2.32. The van der Waals surface area contributed by atoms with Gasteiger partial charge >= 0.3 is 6.18 Å². The number of halogens is 5. The molecule has 0 saturated carbocycles. The van der Waals surface area contributed by atoms with Gasteiger partial charge in [-0.05, 0) is 18.2 Å². The van der Waals surface area contributed by atoms with Gasteiger partial charge in [-0.3, -0.25) is 4.98 Å². The molecule has 100 valence electrons. The summed E-state index contributed by atoms with van der Waals surface area (Å²) in [5.41, 5.74) is -1.26. The molecular formula is C11H6F5N3. The number of hydrogen-bond acceptors (Lipinski definition) is 3. The number of nitrogens with zero attached hydrogens (tertiary/aromatic N) is 3. The maximum absolute atomic E-state index is 12.4. The zero-order valence-corrected chi connectivity index (χ0v) is 9.20. The first-order valence-corrected chi connectivity index (χ1v) is 5.01. The van der Waals surface area contributed by atoms with Crippen LogP contribution in [0, 0.1) is 0 Å². The molecule has 0 bridgehead atoms. The van der Waals surface area contributed by atoms with E-state index in [0.717, 1.165) is 30.7 Å². The lowest BCUT2D eigenvalue weighted by Gasteiger charge is -2.06. The first-order valence-electron chi connectivity index (χ1n) is 5.01. The molecule has 0 aliphatic rings. The van der Waals surface area contributed by atoms with Crippen LogP contribution in [0.5, 0.6) is 0 Å². The normalized spacial score (nSPS) is 11.9. The minimum Gasteiger partial charge on any atom is -0.251 e. The maximum Gasteiger partial charge on any atom is 0.433 e. The fraction of sp³-hybridized carbons (Fsp3) is 0.182. The molecule has 0 N–H and O–H groups in total. The highest BCUT2D eigenvalue weighted by Crippen LogP contribution is 2.29. The Balaban J connectivity index is 2.35. The molecule has 0 atom stereocenters. The van der Waals surface area contributed by atoms with E-state index in [0.29, 0.717) is 0 Å². The van der Waals surface area contributed by atoms with Gasteiger partial charge in [0.05, 0.1) is 5.69 Å². The van der Waals surface area contributed by atoms with Crippen molar-refractivity contribution in [2.45, 2.75) is 12.6 Å². The summed E-state index contributed by atoms with van der Waals surface area (Å²) in [6, 6.07) is 2.89. The fourth-order valence-corrected chi connectivity index (χ4v) is 1.36. The van der Waals surface area contributed by atoms with Crippen molar-refractivity contribution < 1.29 is 22.0 Å². The second-order valence-electron chi connectivity index (χ2n) is 3.56. The topological polar surface area (TPSA) is 38.7 Å². The van der Waals surface area contributed by atoms with Crippen molar-refractivity contribution in [2.75, 3.05) is 0 Å². The van der Waals surface area contributed by atoms with Crippen LogP contribution < -0.4 is 0 Å². The van der Waals surface area contributed by atoms with Gasteiger partial charge in [0.1, 0.15) is 17.7 Å². The Morgan fingerprint density at radius 3 is 2.26 bits per heavy atom. The first-order chi connectivity index (χ1) is 8.88. The van der Waals surface area contributed by atoms with Crippen LogP contribution in [0.25, 0.3) is 11.3 Å². The molecule has 2 aromatic heterocycles. The van der Waals surface area contributed by atoms with E-state index in [1.165, 1.54) is 0 Å². The summed E-state index contributed by atoms with van der Waals surface area (Å²) >= 11 is 0. The predicted octanol–water partition coefficient (Wildman–Crippen LogP) is 3.50. The Hall–Kier alpha value is -2.12. The van der Waals surface area contributed by atoms with Gasteiger partial charge in [0.15, 0.2) is 0 Å². The molecule has 0 aliphatic heterocycles. The van der Waals surface area contributed by atoms with E-state index in [9.17, 15) is 22.0 Å². The Labute approximate surface area is 104 Å². The number of hydrogen-bond donors (Lipinski definition) is 0. The molecule has 19 heavy (non-hydrogen) atoms. The summed E-state index contributed by atoms with van der Waals surface area (Å²) < 4.78 is 61.8. The summed E-state index contributed by atoms with van der Waals surface area (Å²) in [5.74, 6) is 0. The SMILES string of the molecule is FC(F)c1cc(-c2ccc(C(F)(F)F)nc2)ncn1. The average molecular weight is 275 g/mol. The molecule has 0 aliphatic carbocycles. The number of rotatable bonds is 2. The van der Waals surface area contributed by atoms with Crippen molar-refractivity contribution in [3.05, 3.63) is 42.1 Å². The molecule has 0 spiro atoms. The highest BCUT2D eigenvalue weighted by atomic mass is 19.4. The van der Waals surface area contributed by atoms with E-state index < -0.39 is 24.0 Å². The standard InChI is InChI=1S/C11H6F5N3/c12-10(13)8-3-7(18-5-19-8)6-1-2-9(17-4-6)11(14,15)16/h1-5,10H. The highest BCUT2D eigenvalue weighted by molar-refractivity contribution is 5.57. The van der Waals surface area contributed by atoms with E-state index in [-0.39, 0.29) is 11.3 Å². The van der Waals surface area contributed by atoms with E-state index in [2.05, 4.69) is 15.0 Å². The van der Waals surface area contributed by atoms with Crippen LogP contribution in [-0.2, 0) is 6.18 Å². The number of pyridine rings is 1. The molecule has 0 radical (unpaired) electrons. The van der Waals surface area contributed by atoms with Crippen molar-refractivity contribution in [1.82, 2.24) is 15.0 Å². The summed E-state index contributed by atoms with van der Waals surface area (Å²) in [4.78, 5) is 10.3. The van der Waals surface area contributed by atoms with Crippen molar-refractivity contribution in [1.29, 1.82) is 0 Å². The molecular weight excluding hydrogens is 269 g/mol. The van der Waals surface area contributed by atoms with Crippen molar-refractivity contribution in [3.63, 3.8) is 0 Å². The Kier molecular flexibility index (Phi) is 3.41. The third-order valence-corrected chi connectivity index (χ3v) is 2.26. The monoisotopic (exact) mass is 275 g/mol. The second kappa shape index (κ2) is 4.87. The van der Waals surface area contributed by atoms with E-state index >= 15 is 0 Å². The van der Waals surface area contributed by atoms with Crippen LogP contribution in [0.15, 0.2) is 30.7 Å². The summed E-state index contributed by atoms with van der Waals surface area (Å²) in [6.07, 6.45) is -5.46. The zero-order chi connectivity index (χ0) is 14.0. The molecule has 2 rings (SSSR count). The van der Waals surface area contributed by atoms with Crippen LogP contribution in [0.4, 0.5) is 22.0 Å². The molecule has 0 saturated heterocycles. The van der Waals surface area contributed by atoms with Crippen molar-refractivity contribution in [3.8, 4) is 11.3 Å². The third-order valence-electron chi connectivity index (χ3n) is 2.26. The Morgan fingerprint density at radius 1 is 1.00 bits per heavy atom. The van der Waals surface area contributed by atoms with E-state index in [4.69, 9.17) is 0 Å². The lowest BCUT2D eigenvalue weighted by molar-refractivity contribution is -0.141. The quantitative estimate of drug-likeness (QED) is 0.787.